The van der Waals surface area contributed by atoms with Crippen LogP contribution in [-0.2, 0) is 22.4 Å². The maximum atomic E-state index is 11.9. The molecule has 4 N–H and O–H groups in total. The van der Waals surface area contributed by atoms with E-state index in [1.165, 1.54) is 17.7 Å². The molecular weight excluding hydrogens is 300 g/mol. The number of aryl methyl sites for hydroxylation is 2. The van der Waals surface area contributed by atoms with Crippen LogP contribution in [0.15, 0.2) is 0 Å². The third-order valence-corrected chi connectivity index (χ3v) is 4.86. The molecule has 0 unspecified atom stereocenters. The van der Waals surface area contributed by atoms with Crippen molar-refractivity contribution in [3.8, 4) is 0 Å². The zero-order valence-electron chi connectivity index (χ0n) is 13.1. The Morgan fingerprint density at radius 2 is 2.00 bits per heavy atom. The van der Waals surface area contributed by atoms with Crippen molar-refractivity contribution < 1.29 is 9.59 Å². The molecule has 0 saturated carbocycles. The molecule has 1 aromatic heterocycles. The minimum absolute atomic E-state index is 0.0395. The lowest BCUT2D eigenvalue weighted by Crippen LogP contribution is -2.46. The molecule has 1 heterocycles. The van der Waals surface area contributed by atoms with Crippen LogP contribution in [0.4, 0.5) is 5.13 Å². The number of hydrogen-bond donors (Lipinski definition) is 3. The second kappa shape index (κ2) is 7.69. The van der Waals surface area contributed by atoms with Gasteiger partial charge in [-0.2, -0.15) is 0 Å². The van der Waals surface area contributed by atoms with E-state index in [0.717, 1.165) is 25.0 Å². The van der Waals surface area contributed by atoms with E-state index in [1.54, 1.807) is 11.3 Å². The molecule has 0 bridgehead atoms. The molecule has 0 saturated heterocycles. The number of nitrogens with two attached hydrogens (primary N) is 1. The van der Waals surface area contributed by atoms with Gasteiger partial charge in [0.25, 0.3) is 0 Å². The normalized spacial score (nSPS) is 15.8. The van der Waals surface area contributed by atoms with Crippen molar-refractivity contribution in [2.75, 3.05) is 11.9 Å². The first-order valence-electron chi connectivity index (χ1n) is 7.79. The van der Waals surface area contributed by atoms with Crippen molar-refractivity contribution in [3.05, 3.63) is 10.6 Å². The molecule has 2 amide bonds. The van der Waals surface area contributed by atoms with E-state index < -0.39 is 6.04 Å². The monoisotopic (exact) mass is 324 g/mol. The number of amides is 2. The number of carbonyl (C=O) groups excluding carboxylic acids is 2. The number of fused-ring (bicyclic) bond motifs is 1. The number of thiazole rings is 1. The predicted molar refractivity (Wildman–Crippen MR) is 87.8 cm³/mol. The average Bonchev–Trinajstić information content (AvgIpc) is 2.72. The number of anilines is 1. The lowest BCUT2D eigenvalue weighted by Gasteiger charge is -2.14. The highest BCUT2D eigenvalue weighted by molar-refractivity contribution is 7.15. The molecule has 1 atom stereocenters. The lowest BCUT2D eigenvalue weighted by atomic mass is 10.1. The van der Waals surface area contributed by atoms with Gasteiger partial charge in [-0.05, 0) is 31.6 Å². The summed E-state index contributed by atoms with van der Waals surface area (Å²) in [4.78, 5) is 29.4. The predicted octanol–water partition coefficient (Wildman–Crippen LogP) is 1.45. The Kier molecular flexibility index (Phi) is 5.90. The Labute approximate surface area is 134 Å². The molecule has 2 rings (SSSR count). The standard InChI is InChI=1S/C15H24N4O2S/c1-9(2)13(16)14(21)17-8-12(20)19-15-18-10-6-4-3-5-7-11(10)22-15/h9,13H,3-8,16H2,1-2H3,(H,17,21)(H,18,19,20)/t13-/m0/s1. The zero-order chi connectivity index (χ0) is 16.1. The molecule has 0 aliphatic heterocycles. The van der Waals surface area contributed by atoms with Crippen LogP contribution in [0, 0.1) is 5.92 Å². The average molecular weight is 324 g/mol. The smallest absolute Gasteiger partial charge is 0.245 e. The molecule has 22 heavy (non-hydrogen) atoms. The fraction of sp³-hybridized carbons (Fsp3) is 0.667. The van der Waals surface area contributed by atoms with E-state index in [4.69, 9.17) is 5.73 Å². The Morgan fingerprint density at radius 1 is 1.27 bits per heavy atom. The quantitative estimate of drug-likeness (QED) is 0.714. The van der Waals surface area contributed by atoms with Crippen molar-refractivity contribution >= 4 is 28.3 Å². The molecule has 0 spiro atoms. The molecule has 0 aromatic carbocycles. The second-order valence-electron chi connectivity index (χ2n) is 5.99. The fourth-order valence-electron chi connectivity index (χ4n) is 2.33. The molecule has 1 aromatic rings. The summed E-state index contributed by atoms with van der Waals surface area (Å²) in [7, 11) is 0. The van der Waals surface area contributed by atoms with Crippen LogP contribution in [-0.4, -0.2) is 29.4 Å². The molecule has 0 fully saturated rings. The maximum absolute atomic E-state index is 11.9. The number of hydrogen-bond acceptors (Lipinski definition) is 5. The van der Waals surface area contributed by atoms with Crippen LogP contribution in [0.25, 0.3) is 0 Å². The van der Waals surface area contributed by atoms with Gasteiger partial charge in [-0.3, -0.25) is 9.59 Å². The second-order valence-corrected chi connectivity index (χ2v) is 7.07. The lowest BCUT2D eigenvalue weighted by molar-refractivity contribution is -0.125. The van der Waals surface area contributed by atoms with E-state index in [2.05, 4.69) is 15.6 Å². The number of rotatable bonds is 5. The SMILES string of the molecule is CC(C)[C@H](N)C(=O)NCC(=O)Nc1nc2c(s1)CCCCC2. The van der Waals surface area contributed by atoms with Gasteiger partial charge in [0.1, 0.15) is 0 Å². The van der Waals surface area contributed by atoms with Crippen LogP contribution in [0.3, 0.4) is 0 Å². The van der Waals surface area contributed by atoms with E-state index in [-0.39, 0.29) is 24.3 Å². The summed E-state index contributed by atoms with van der Waals surface area (Å²) in [6.45, 7) is 3.66. The first-order chi connectivity index (χ1) is 10.5. The van der Waals surface area contributed by atoms with Crippen LogP contribution in [0.2, 0.25) is 0 Å². The Bertz CT molecular complexity index is 518. The van der Waals surface area contributed by atoms with Crippen molar-refractivity contribution in [3.63, 3.8) is 0 Å². The summed E-state index contributed by atoms with van der Waals surface area (Å²) in [5.74, 6) is -0.536. The van der Waals surface area contributed by atoms with E-state index in [9.17, 15) is 9.59 Å². The van der Waals surface area contributed by atoms with Crippen LogP contribution in [0.5, 0.6) is 0 Å². The fourth-order valence-corrected chi connectivity index (χ4v) is 3.40. The van der Waals surface area contributed by atoms with Gasteiger partial charge < -0.3 is 16.4 Å². The van der Waals surface area contributed by atoms with Gasteiger partial charge in [-0.15, -0.1) is 11.3 Å². The Hall–Kier alpha value is -1.47. The van der Waals surface area contributed by atoms with Gasteiger partial charge in [-0.25, -0.2) is 4.98 Å². The molecule has 1 aliphatic carbocycles. The van der Waals surface area contributed by atoms with Crippen LogP contribution >= 0.6 is 11.3 Å². The summed E-state index contributed by atoms with van der Waals surface area (Å²) in [5, 5.41) is 5.94. The Balaban J connectivity index is 1.83. The third kappa shape index (κ3) is 4.51. The van der Waals surface area contributed by atoms with Crippen molar-refractivity contribution in [2.45, 2.75) is 52.0 Å². The van der Waals surface area contributed by atoms with Crippen molar-refractivity contribution in [1.82, 2.24) is 10.3 Å². The van der Waals surface area contributed by atoms with Gasteiger partial charge in [0.05, 0.1) is 18.3 Å². The third-order valence-electron chi connectivity index (χ3n) is 3.79. The largest absolute Gasteiger partial charge is 0.346 e. The molecule has 122 valence electrons. The summed E-state index contributed by atoms with van der Waals surface area (Å²) >= 11 is 1.54. The number of nitrogens with zero attached hydrogens (tertiary/aromatic N) is 1. The summed E-state index contributed by atoms with van der Waals surface area (Å²) in [5.41, 5.74) is 6.84. The van der Waals surface area contributed by atoms with Gasteiger partial charge in [0.15, 0.2) is 5.13 Å². The highest BCUT2D eigenvalue weighted by Crippen LogP contribution is 2.28. The van der Waals surface area contributed by atoms with Crippen molar-refractivity contribution in [2.24, 2.45) is 11.7 Å². The van der Waals surface area contributed by atoms with E-state index in [1.807, 2.05) is 13.8 Å². The van der Waals surface area contributed by atoms with Crippen LogP contribution < -0.4 is 16.4 Å². The van der Waals surface area contributed by atoms with E-state index in [0.29, 0.717) is 5.13 Å². The van der Waals surface area contributed by atoms with Crippen molar-refractivity contribution in [1.29, 1.82) is 0 Å². The number of carbonyl (C=O) groups is 2. The molecular formula is C15H24N4O2S. The maximum Gasteiger partial charge on any atom is 0.245 e. The number of aromatic nitrogens is 1. The topological polar surface area (TPSA) is 97.1 Å². The van der Waals surface area contributed by atoms with Gasteiger partial charge in [-0.1, -0.05) is 20.3 Å². The minimum Gasteiger partial charge on any atom is -0.346 e. The first-order valence-corrected chi connectivity index (χ1v) is 8.60. The highest BCUT2D eigenvalue weighted by Gasteiger charge is 2.19. The summed E-state index contributed by atoms with van der Waals surface area (Å²) < 4.78 is 0. The highest BCUT2D eigenvalue weighted by atomic mass is 32.1. The van der Waals surface area contributed by atoms with Gasteiger partial charge >= 0.3 is 0 Å². The Morgan fingerprint density at radius 3 is 2.73 bits per heavy atom. The van der Waals surface area contributed by atoms with Gasteiger partial charge in [0.2, 0.25) is 11.8 Å². The zero-order valence-corrected chi connectivity index (χ0v) is 14.0. The first kappa shape index (κ1) is 16.9. The molecule has 0 radical (unpaired) electrons. The minimum atomic E-state index is -0.594. The molecule has 7 heteroatoms. The van der Waals surface area contributed by atoms with Gasteiger partial charge in [0, 0.05) is 4.88 Å². The number of nitrogens with one attached hydrogen (secondary N) is 2. The summed E-state index contributed by atoms with van der Waals surface area (Å²) in [6, 6.07) is -0.594. The molecule has 1 aliphatic rings. The van der Waals surface area contributed by atoms with E-state index >= 15 is 0 Å². The summed E-state index contributed by atoms with van der Waals surface area (Å²) in [6.07, 6.45) is 5.62. The van der Waals surface area contributed by atoms with Crippen LogP contribution in [0.1, 0.15) is 43.7 Å². The molecule has 6 nitrogen and oxygen atoms in total.